The number of fused-ring (bicyclic) bond motifs is 1. The van der Waals surface area contributed by atoms with Gasteiger partial charge in [0.25, 0.3) is 10.2 Å². The van der Waals surface area contributed by atoms with E-state index in [4.69, 9.17) is 5.14 Å². The summed E-state index contributed by atoms with van der Waals surface area (Å²) < 4.78 is 27.1. The number of nitrogens with two attached hydrogens (primary N) is 1. The monoisotopic (exact) mass is 325 g/mol. The van der Waals surface area contributed by atoms with E-state index in [1.807, 2.05) is 30.3 Å². The van der Waals surface area contributed by atoms with Crippen molar-refractivity contribution in [3.05, 3.63) is 36.0 Å². The van der Waals surface area contributed by atoms with Crippen LogP contribution >= 0.6 is 11.9 Å². The molecule has 1 aliphatic heterocycles. The van der Waals surface area contributed by atoms with E-state index in [9.17, 15) is 8.42 Å². The van der Waals surface area contributed by atoms with Crippen LogP contribution in [0, 0.1) is 0 Å². The van der Waals surface area contributed by atoms with Crippen LogP contribution in [0.3, 0.4) is 0 Å². The highest BCUT2D eigenvalue weighted by Gasteiger charge is 2.34. The maximum absolute atomic E-state index is 12.1. The Morgan fingerprint density at radius 1 is 1.19 bits per heavy atom. The molecule has 0 amide bonds. The van der Waals surface area contributed by atoms with Gasteiger partial charge in [0, 0.05) is 29.1 Å². The minimum Gasteiger partial charge on any atom is -0.235 e. The first-order valence-corrected chi connectivity index (χ1v) is 9.40. The molecule has 0 spiro atoms. The summed E-state index contributed by atoms with van der Waals surface area (Å²) in [6, 6.07) is 7.87. The molecule has 2 N–H and O–H groups in total. The van der Waals surface area contributed by atoms with Gasteiger partial charge in [0.15, 0.2) is 0 Å². The number of rotatable bonds is 3. The predicted octanol–water partition coefficient (Wildman–Crippen LogP) is 2.73. The average Bonchev–Trinajstić information content (AvgIpc) is 2.47. The minimum absolute atomic E-state index is 0.0452. The van der Waals surface area contributed by atoms with Crippen LogP contribution < -0.4 is 5.14 Å². The highest BCUT2D eigenvalue weighted by Crippen LogP contribution is 2.36. The van der Waals surface area contributed by atoms with Gasteiger partial charge >= 0.3 is 0 Å². The standard InChI is InChI=1S/C14H19N3O2S2/c15-21(18,19)17(13-7-2-1-3-8-13)16-11-10-12-6-4-5-9-14(12)20-16/h4-6,9-11,13H,1-3,7-8H2,(H2,15,18,19). The molecule has 21 heavy (non-hydrogen) atoms. The van der Waals surface area contributed by atoms with Crippen LogP contribution in [-0.2, 0) is 10.2 Å². The lowest BCUT2D eigenvalue weighted by Gasteiger charge is -2.39. The van der Waals surface area contributed by atoms with E-state index >= 15 is 0 Å². The van der Waals surface area contributed by atoms with E-state index in [0.717, 1.165) is 36.1 Å². The van der Waals surface area contributed by atoms with Gasteiger partial charge in [-0.3, -0.25) is 0 Å². The molecule has 1 aliphatic carbocycles. The van der Waals surface area contributed by atoms with Crippen LogP contribution in [0.1, 0.15) is 37.7 Å². The van der Waals surface area contributed by atoms with Crippen molar-refractivity contribution < 1.29 is 8.42 Å². The van der Waals surface area contributed by atoms with Gasteiger partial charge in [-0.1, -0.05) is 41.9 Å². The van der Waals surface area contributed by atoms with Crippen LogP contribution in [0.15, 0.2) is 35.4 Å². The van der Waals surface area contributed by atoms with Crippen LogP contribution in [0.4, 0.5) is 0 Å². The van der Waals surface area contributed by atoms with Crippen LogP contribution in [0.5, 0.6) is 0 Å². The van der Waals surface area contributed by atoms with Crippen molar-refractivity contribution in [2.24, 2.45) is 5.14 Å². The van der Waals surface area contributed by atoms with Crippen LogP contribution in [-0.4, -0.2) is 23.3 Å². The summed E-state index contributed by atoms with van der Waals surface area (Å²) in [6.07, 6.45) is 8.70. The lowest BCUT2D eigenvalue weighted by molar-refractivity contribution is 0.140. The Morgan fingerprint density at radius 3 is 2.62 bits per heavy atom. The average molecular weight is 325 g/mol. The van der Waals surface area contributed by atoms with Crippen molar-refractivity contribution >= 4 is 28.2 Å². The number of nitrogens with zero attached hydrogens (tertiary/aromatic N) is 2. The van der Waals surface area contributed by atoms with Gasteiger partial charge in [0.1, 0.15) is 0 Å². The largest absolute Gasteiger partial charge is 0.295 e. The number of hydrogen-bond acceptors (Lipinski definition) is 4. The number of hydrogen-bond donors (Lipinski definition) is 1. The molecule has 3 rings (SSSR count). The summed E-state index contributed by atoms with van der Waals surface area (Å²) in [5, 5.41) is 5.47. The zero-order valence-corrected chi connectivity index (χ0v) is 13.3. The van der Waals surface area contributed by atoms with E-state index in [2.05, 4.69) is 0 Å². The van der Waals surface area contributed by atoms with Crippen LogP contribution in [0.25, 0.3) is 6.08 Å². The third kappa shape index (κ3) is 3.26. The van der Waals surface area contributed by atoms with Crippen LogP contribution in [0.2, 0.25) is 0 Å². The van der Waals surface area contributed by atoms with Gasteiger partial charge in [-0.2, -0.15) is 8.42 Å². The second-order valence-corrected chi connectivity index (χ2v) is 7.76. The van der Waals surface area contributed by atoms with Crippen molar-refractivity contribution in [2.45, 2.75) is 43.0 Å². The van der Waals surface area contributed by atoms with Gasteiger partial charge in [-0.15, -0.1) is 0 Å². The second kappa shape index (κ2) is 6.00. The lowest BCUT2D eigenvalue weighted by atomic mass is 9.96. The summed E-state index contributed by atoms with van der Waals surface area (Å²) in [5.74, 6) is 0. The van der Waals surface area contributed by atoms with Gasteiger partial charge in [0.2, 0.25) is 0 Å². The quantitative estimate of drug-likeness (QED) is 0.868. The summed E-state index contributed by atoms with van der Waals surface area (Å²) in [7, 11) is -3.78. The molecule has 0 atom stereocenters. The molecule has 114 valence electrons. The molecule has 0 radical (unpaired) electrons. The topological polar surface area (TPSA) is 66.6 Å². The van der Waals surface area contributed by atoms with E-state index in [1.165, 1.54) is 22.8 Å². The van der Waals surface area contributed by atoms with Crippen molar-refractivity contribution in [3.63, 3.8) is 0 Å². The van der Waals surface area contributed by atoms with Gasteiger partial charge in [0.05, 0.1) is 0 Å². The third-order valence-electron chi connectivity index (χ3n) is 3.83. The first kappa shape index (κ1) is 14.9. The highest BCUT2D eigenvalue weighted by atomic mass is 32.2. The van der Waals surface area contributed by atoms with Crippen molar-refractivity contribution in [1.82, 2.24) is 8.83 Å². The molecule has 1 saturated carbocycles. The maximum Gasteiger partial charge on any atom is 0.295 e. The maximum atomic E-state index is 12.1. The Morgan fingerprint density at radius 2 is 1.90 bits per heavy atom. The number of benzene rings is 1. The van der Waals surface area contributed by atoms with Gasteiger partial charge in [-0.05, 0) is 30.5 Å². The first-order valence-electron chi connectivity index (χ1n) is 7.12. The first-order chi connectivity index (χ1) is 10.1. The Hall–Kier alpha value is -1.02. The van der Waals surface area contributed by atoms with E-state index in [0.29, 0.717) is 0 Å². The summed E-state index contributed by atoms with van der Waals surface area (Å²) >= 11 is 1.40. The second-order valence-electron chi connectivity index (χ2n) is 5.36. The lowest BCUT2D eigenvalue weighted by Crippen LogP contribution is -2.50. The Labute approximate surface area is 130 Å². The van der Waals surface area contributed by atoms with Crippen molar-refractivity contribution in [3.8, 4) is 0 Å². The fraction of sp³-hybridized carbons (Fsp3) is 0.429. The zero-order chi connectivity index (χ0) is 14.9. The van der Waals surface area contributed by atoms with Gasteiger partial charge < -0.3 is 0 Å². The Kier molecular flexibility index (Phi) is 4.26. The molecular weight excluding hydrogens is 306 g/mol. The van der Waals surface area contributed by atoms with E-state index in [-0.39, 0.29) is 6.04 Å². The summed E-state index contributed by atoms with van der Waals surface area (Å²) in [4.78, 5) is 1.03. The summed E-state index contributed by atoms with van der Waals surface area (Å²) in [5.41, 5.74) is 1.09. The van der Waals surface area contributed by atoms with Crippen molar-refractivity contribution in [2.75, 3.05) is 0 Å². The molecule has 1 aromatic carbocycles. The molecule has 2 aliphatic rings. The summed E-state index contributed by atoms with van der Waals surface area (Å²) in [6.45, 7) is 0. The Bertz CT molecular complexity index is 639. The molecule has 0 saturated heterocycles. The molecule has 1 heterocycles. The molecule has 0 aromatic heterocycles. The van der Waals surface area contributed by atoms with Crippen molar-refractivity contribution in [1.29, 1.82) is 0 Å². The highest BCUT2D eigenvalue weighted by molar-refractivity contribution is 7.98. The van der Waals surface area contributed by atoms with Gasteiger partial charge in [-0.25, -0.2) is 9.55 Å². The molecule has 0 bridgehead atoms. The predicted molar refractivity (Wildman–Crippen MR) is 85.0 cm³/mol. The zero-order valence-electron chi connectivity index (χ0n) is 11.7. The fourth-order valence-corrected chi connectivity index (χ4v) is 5.07. The Balaban J connectivity index is 1.88. The molecule has 5 nitrogen and oxygen atoms in total. The molecular formula is C14H19N3O2S2. The number of hydrazine groups is 1. The fourth-order valence-electron chi connectivity index (χ4n) is 2.87. The minimum atomic E-state index is -3.78. The third-order valence-corrected chi connectivity index (χ3v) is 5.99. The SMILES string of the molecule is NS(=O)(=O)N(C1CCCCC1)N1C=Cc2ccccc2S1. The molecule has 1 aromatic rings. The van der Waals surface area contributed by atoms with E-state index < -0.39 is 10.2 Å². The normalized spacial score (nSPS) is 19.8. The molecule has 0 unspecified atom stereocenters. The molecule has 7 heteroatoms. The molecule has 1 fully saturated rings. The smallest absolute Gasteiger partial charge is 0.235 e. The van der Waals surface area contributed by atoms with E-state index in [1.54, 1.807) is 10.6 Å².